The van der Waals surface area contributed by atoms with Gasteiger partial charge in [-0.2, -0.15) is 0 Å². The van der Waals surface area contributed by atoms with Gasteiger partial charge in [0.25, 0.3) is 10.0 Å². The van der Waals surface area contributed by atoms with E-state index in [0.717, 1.165) is 24.2 Å². The zero-order valence-corrected chi connectivity index (χ0v) is 8.15. The Morgan fingerprint density at radius 1 is 1.50 bits per heavy atom. The smallest absolute Gasteiger partial charge is 0.223 e. The van der Waals surface area contributed by atoms with Gasteiger partial charge in [0.1, 0.15) is 5.01 Å². The molecule has 0 amide bonds. The number of primary sulfonamides is 1. The lowest BCUT2D eigenvalue weighted by Gasteiger charge is -1.86. The molecule has 0 atom stereocenters. The van der Waals surface area contributed by atoms with Crippen LogP contribution in [0.5, 0.6) is 0 Å². The molecular weight excluding hydrogens is 198 g/mol. The van der Waals surface area contributed by atoms with E-state index in [2.05, 4.69) is 10.2 Å². The molecule has 2 N–H and O–H groups in total. The molecule has 0 aliphatic carbocycles. The zero-order valence-electron chi connectivity index (χ0n) is 6.52. The Hall–Kier alpha value is -0.530. The summed E-state index contributed by atoms with van der Waals surface area (Å²) in [5, 5.41) is 12.7. The monoisotopic (exact) mass is 207 g/mol. The van der Waals surface area contributed by atoms with Crippen LogP contribution in [-0.4, -0.2) is 18.6 Å². The Labute approximate surface area is 74.7 Å². The molecule has 1 aromatic heterocycles. The highest BCUT2D eigenvalue weighted by molar-refractivity contribution is 7.91. The fraction of sp³-hybridized carbons (Fsp3) is 0.600. The van der Waals surface area contributed by atoms with Crippen molar-refractivity contribution in [1.29, 1.82) is 0 Å². The number of hydrogen-bond acceptors (Lipinski definition) is 5. The van der Waals surface area contributed by atoms with Gasteiger partial charge in [0, 0.05) is 6.42 Å². The molecule has 0 aliphatic rings. The first-order valence-electron chi connectivity index (χ1n) is 3.39. The topological polar surface area (TPSA) is 85.9 Å². The summed E-state index contributed by atoms with van der Waals surface area (Å²) in [5.41, 5.74) is 0. The first kappa shape index (κ1) is 9.56. The molecule has 0 radical (unpaired) electrons. The molecule has 1 heterocycles. The summed E-state index contributed by atoms with van der Waals surface area (Å²) in [6.07, 6.45) is 1.66. The molecule has 0 unspecified atom stereocenters. The predicted octanol–water partition coefficient (Wildman–Crippen LogP) is 0.138. The van der Waals surface area contributed by atoms with Crippen LogP contribution in [0.25, 0.3) is 0 Å². The summed E-state index contributed by atoms with van der Waals surface area (Å²) < 4.78 is 21.4. The van der Waals surface area contributed by atoms with Crippen LogP contribution in [-0.2, 0) is 16.4 Å². The van der Waals surface area contributed by atoms with E-state index in [1.54, 1.807) is 0 Å². The van der Waals surface area contributed by atoms with Crippen molar-refractivity contribution in [3.05, 3.63) is 5.01 Å². The van der Waals surface area contributed by atoms with Crippen molar-refractivity contribution >= 4 is 21.4 Å². The summed E-state index contributed by atoms with van der Waals surface area (Å²) in [6, 6.07) is 0. The van der Waals surface area contributed by atoms with Crippen LogP contribution >= 0.6 is 11.3 Å². The minimum atomic E-state index is -3.66. The highest BCUT2D eigenvalue weighted by Crippen LogP contribution is 2.14. The van der Waals surface area contributed by atoms with E-state index in [9.17, 15) is 8.42 Å². The van der Waals surface area contributed by atoms with Crippen molar-refractivity contribution in [3.63, 3.8) is 0 Å². The number of aromatic nitrogens is 2. The van der Waals surface area contributed by atoms with Gasteiger partial charge in [0.05, 0.1) is 0 Å². The molecule has 5 nitrogen and oxygen atoms in total. The van der Waals surface area contributed by atoms with Crippen LogP contribution in [0, 0.1) is 0 Å². The van der Waals surface area contributed by atoms with E-state index in [4.69, 9.17) is 5.14 Å². The summed E-state index contributed by atoms with van der Waals surface area (Å²) in [4.78, 5) is 0. The summed E-state index contributed by atoms with van der Waals surface area (Å²) >= 11 is 1.03. The number of nitrogens with zero attached hydrogens (tertiary/aromatic N) is 2. The minimum absolute atomic E-state index is 0.106. The van der Waals surface area contributed by atoms with Crippen LogP contribution in [0.3, 0.4) is 0 Å². The number of nitrogens with two attached hydrogens (primary N) is 1. The molecule has 0 saturated carbocycles. The van der Waals surface area contributed by atoms with Crippen molar-refractivity contribution < 1.29 is 8.42 Å². The molecule has 0 spiro atoms. The average molecular weight is 207 g/mol. The predicted molar refractivity (Wildman–Crippen MR) is 45.3 cm³/mol. The second-order valence-corrected chi connectivity index (χ2v) is 5.05. The van der Waals surface area contributed by atoms with Crippen molar-refractivity contribution in [3.8, 4) is 0 Å². The number of aryl methyl sites for hydroxylation is 1. The third kappa shape index (κ3) is 2.23. The normalized spacial score (nSPS) is 11.8. The first-order chi connectivity index (χ1) is 5.54. The lowest BCUT2D eigenvalue weighted by atomic mass is 10.4. The van der Waals surface area contributed by atoms with Gasteiger partial charge in [-0.05, 0) is 6.42 Å². The van der Waals surface area contributed by atoms with Crippen molar-refractivity contribution in [2.75, 3.05) is 0 Å². The first-order valence-corrected chi connectivity index (χ1v) is 5.75. The van der Waals surface area contributed by atoms with Crippen molar-refractivity contribution in [2.45, 2.75) is 24.1 Å². The van der Waals surface area contributed by atoms with Gasteiger partial charge in [-0.15, -0.1) is 10.2 Å². The van der Waals surface area contributed by atoms with Crippen LogP contribution in [0.1, 0.15) is 18.4 Å². The van der Waals surface area contributed by atoms with Gasteiger partial charge >= 0.3 is 0 Å². The van der Waals surface area contributed by atoms with E-state index in [1.807, 2.05) is 6.92 Å². The van der Waals surface area contributed by atoms with Crippen LogP contribution in [0.4, 0.5) is 0 Å². The van der Waals surface area contributed by atoms with Crippen LogP contribution in [0.15, 0.2) is 4.34 Å². The number of hydrogen-bond donors (Lipinski definition) is 1. The van der Waals surface area contributed by atoms with Crippen LogP contribution < -0.4 is 5.14 Å². The molecular formula is C5H9N3O2S2. The maximum absolute atomic E-state index is 10.7. The molecule has 7 heteroatoms. The Morgan fingerprint density at radius 2 is 2.17 bits per heavy atom. The Kier molecular flexibility index (Phi) is 2.76. The van der Waals surface area contributed by atoms with E-state index < -0.39 is 10.0 Å². The second kappa shape index (κ2) is 3.46. The zero-order chi connectivity index (χ0) is 9.19. The molecule has 0 fully saturated rings. The quantitative estimate of drug-likeness (QED) is 0.763. The van der Waals surface area contributed by atoms with Crippen LogP contribution in [0.2, 0.25) is 0 Å². The highest BCUT2D eigenvalue weighted by Gasteiger charge is 2.13. The third-order valence-corrected chi connectivity index (χ3v) is 3.45. The van der Waals surface area contributed by atoms with E-state index >= 15 is 0 Å². The van der Waals surface area contributed by atoms with Gasteiger partial charge in [-0.3, -0.25) is 0 Å². The molecule has 12 heavy (non-hydrogen) atoms. The molecule has 0 aliphatic heterocycles. The molecule has 0 saturated heterocycles. The highest BCUT2D eigenvalue weighted by atomic mass is 32.2. The van der Waals surface area contributed by atoms with E-state index in [1.165, 1.54) is 0 Å². The largest absolute Gasteiger partial charge is 0.267 e. The van der Waals surface area contributed by atoms with E-state index in [-0.39, 0.29) is 4.34 Å². The average Bonchev–Trinajstić information content (AvgIpc) is 2.35. The summed E-state index contributed by atoms with van der Waals surface area (Å²) in [6.45, 7) is 1.98. The van der Waals surface area contributed by atoms with Gasteiger partial charge in [-0.25, -0.2) is 13.6 Å². The molecule has 0 bridgehead atoms. The van der Waals surface area contributed by atoms with Gasteiger partial charge in [0.15, 0.2) is 0 Å². The standard InChI is InChI=1S/C5H9N3O2S2/c1-2-3-4-7-8-5(11-4)12(6,9)10/h2-3H2,1H3,(H2,6,9,10). The molecule has 1 aromatic rings. The van der Waals surface area contributed by atoms with Gasteiger partial charge in [-0.1, -0.05) is 18.3 Å². The summed E-state index contributed by atoms with van der Waals surface area (Å²) in [5.74, 6) is 0. The molecule has 1 rings (SSSR count). The number of rotatable bonds is 3. The fourth-order valence-corrected chi connectivity index (χ4v) is 2.25. The van der Waals surface area contributed by atoms with Crippen molar-refractivity contribution in [2.24, 2.45) is 5.14 Å². The molecule has 68 valence electrons. The Bertz CT molecular complexity index is 357. The maximum atomic E-state index is 10.7. The summed E-state index contributed by atoms with van der Waals surface area (Å²) in [7, 11) is -3.66. The minimum Gasteiger partial charge on any atom is -0.223 e. The lowest BCUT2D eigenvalue weighted by molar-refractivity contribution is 0.595. The number of sulfonamides is 1. The van der Waals surface area contributed by atoms with Gasteiger partial charge < -0.3 is 0 Å². The lowest BCUT2D eigenvalue weighted by Crippen LogP contribution is -2.11. The maximum Gasteiger partial charge on any atom is 0.267 e. The second-order valence-electron chi connectivity index (χ2n) is 2.26. The van der Waals surface area contributed by atoms with Gasteiger partial charge in [0.2, 0.25) is 4.34 Å². The Morgan fingerprint density at radius 3 is 2.58 bits per heavy atom. The molecule has 0 aromatic carbocycles. The fourth-order valence-electron chi connectivity index (χ4n) is 0.668. The Balaban J connectivity index is 2.92. The van der Waals surface area contributed by atoms with E-state index in [0.29, 0.717) is 5.01 Å². The third-order valence-electron chi connectivity index (χ3n) is 1.16. The SMILES string of the molecule is CCCc1nnc(S(N)(=O)=O)s1. The van der Waals surface area contributed by atoms with Crippen molar-refractivity contribution in [1.82, 2.24) is 10.2 Å².